The lowest BCUT2D eigenvalue weighted by Gasteiger charge is -2.19. The Bertz CT molecular complexity index is 1090. The lowest BCUT2D eigenvalue weighted by molar-refractivity contribution is 0.0693. The highest BCUT2D eigenvalue weighted by molar-refractivity contribution is 6.32. The van der Waals surface area contributed by atoms with Crippen LogP contribution < -0.4 is 9.64 Å². The fourth-order valence-corrected chi connectivity index (χ4v) is 3.73. The van der Waals surface area contributed by atoms with E-state index in [0.717, 1.165) is 31.6 Å². The Morgan fingerprint density at radius 1 is 0.900 bits per heavy atom. The molecular formula is C24H20ClNO4. The maximum absolute atomic E-state index is 13.1. The number of benzene rings is 3. The number of carboxylic acid groups (broad SMARTS) is 1. The largest absolute Gasteiger partial charge is 0.478 e. The number of hydrogen-bond donors (Lipinski definition) is 1. The zero-order valence-corrected chi connectivity index (χ0v) is 16.9. The van der Waals surface area contributed by atoms with Gasteiger partial charge >= 0.3 is 5.97 Å². The van der Waals surface area contributed by atoms with Gasteiger partial charge in [-0.1, -0.05) is 29.8 Å². The molecule has 0 aromatic heterocycles. The van der Waals surface area contributed by atoms with Crippen LogP contribution in [0.1, 0.15) is 39.1 Å². The van der Waals surface area contributed by atoms with Gasteiger partial charge in [-0.15, -0.1) is 0 Å². The fraction of sp³-hybridized carbons (Fsp3) is 0.167. The number of carboxylic acids is 1. The van der Waals surface area contributed by atoms with Crippen molar-refractivity contribution in [1.82, 2.24) is 0 Å². The Labute approximate surface area is 179 Å². The molecule has 0 amide bonds. The SMILES string of the molecule is O=C(O)c1cc(N2CCCC2)ccc1C(=O)c1ccc(Cl)c(Oc2ccccc2)c1. The van der Waals surface area contributed by atoms with Gasteiger partial charge in [-0.2, -0.15) is 0 Å². The van der Waals surface area contributed by atoms with Crippen molar-refractivity contribution >= 4 is 29.0 Å². The molecule has 0 atom stereocenters. The van der Waals surface area contributed by atoms with Crippen LogP contribution in [0.2, 0.25) is 5.02 Å². The average Bonchev–Trinajstić information content (AvgIpc) is 3.30. The molecule has 30 heavy (non-hydrogen) atoms. The van der Waals surface area contributed by atoms with Crippen molar-refractivity contribution in [1.29, 1.82) is 0 Å². The van der Waals surface area contributed by atoms with Crippen LogP contribution in [0.3, 0.4) is 0 Å². The van der Waals surface area contributed by atoms with Gasteiger partial charge < -0.3 is 14.7 Å². The number of ketones is 1. The van der Waals surface area contributed by atoms with Crippen LogP contribution >= 0.6 is 11.6 Å². The van der Waals surface area contributed by atoms with E-state index in [1.165, 1.54) is 6.07 Å². The first-order chi connectivity index (χ1) is 14.5. The smallest absolute Gasteiger partial charge is 0.336 e. The van der Waals surface area contributed by atoms with Gasteiger partial charge in [-0.25, -0.2) is 4.79 Å². The lowest BCUT2D eigenvalue weighted by atomic mass is 9.97. The van der Waals surface area contributed by atoms with E-state index in [4.69, 9.17) is 16.3 Å². The Hall–Kier alpha value is -3.31. The molecule has 0 bridgehead atoms. The fourth-order valence-electron chi connectivity index (χ4n) is 3.57. The molecule has 0 spiro atoms. The van der Waals surface area contributed by atoms with Crippen molar-refractivity contribution in [2.75, 3.05) is 18.0 Å². The normalized spacial score (nSPS) is 13.3. The molecule has 4 rings (SSSR count). The molecule has 1 aliphatic heterocycles. The van der Waals surface area contributed by atoms with Gasteiger partial charge in [0, 0.05) is 29.9 Å². The summed E-state index contributed by atoms with van der Waals surface area (Å²) in [5.74, 6) is -0.603. The number of para-hydroxylation sites is 1. The molecule has 0 radical (unpaired) electrons. The van der Waals surface area contributed by atoms with E-state index in [1.54, 1.807) is 36.4 Å². The summed E-state index contributed by atoms with van der Waals surface area (Å²) in [6.07, 6.45) is 2.16. The van der Waals surface area contributed by atoms with Crippen molar-refractivity contribution in [3.8, 4) is 11.5 Å². The summed E-state index contributed by atoms with van der Waals surface area (Å²) in [7, 11) is 0. The first-order valence-corrected chi connectivity index (χ1v) is 10.1. The van der Waals surface area contributed by atoms with Crippen molar-refractivity contribution in [2.45, 2.75) is 12.8 Å². The number of nitrogens with zero attached hydrogens (tertiary/aromatic N) is 1. The molecule has 1 fully saturated rings. The van der Waals surface area contributed by atoms with Gasteiger partial charge in [0.05, 0.1) is 10.6 Å². The van der Waals surface area contributed by atoms with Crippen LogP contribution in [0.5, 0.6) is 11.5 Å². The Kier molecular flexibility index (Phi) is 5.72. The zero-order chi connectivity index (χ0) is 21.1. The topological polar surface area (TPSA) is 66.8 Å². The van der Waals surface area contributed by atoms with Gasteiger partial charge in [0.25, 0.3) is 0 Å². The third-order valence-electron chi connectivity index (χ3n) is 5.11. The molecule has 0 unspecified atom stereocenters. The number of halogens is 1. The maximum Gasteiger partial charge on any atom is 0.336 e. The van der Waals surface area contributed by atoms with Gasteiger partial charge in [0.1, 0.15) is 11.5 Å². The number of rotatable bonds is 6. The molecule has 0 saturated carbocycles. The van der Waals surface area contributed by atoms with Gasteiger partial charge in [0.15, 0.2) is 5.78 Å². The minimum absolute atomic E-state index is 0.00937. The summed E-state index contributed by atoms with van der Waals surface area (Å²) >= 11 is 6.24. The predicted octanol–water partition coefficient (Wildman–Crippen LogP) is 5.66. The second-order valence-electron chi connectivity index (χ2n) is 7.12. The van der Waals surface area contributed by atoms with Gasteiger partial charge in [-0.3, -0.25) is 4.79 Å². The molecule has 6 heteroatoms. The van der Waals surface area contributed by atoms with Crippen molar-refractivity contribution in [3.63, 3.8) is 0 Å². The summed E-state index contributed by atoms with van der Waals surface area (Å²) in [6, 6.07) is 18.8. The molecule has 1 saturated heterocycles. The van der Waals surface area contributed by atoms with Crippen LogP contribution in [-0.4, -0.2) is 29.9 Å². The summed E-state index contributed by atoms with van der Waals surface area (Å²) in [5.41, 5.74) is 1.26. The number of hydrogen-bond acceptors (Lipinski definition) is 4. The van der Waals surface area contributed by atoms with Crippen LogP contribution in [0, 0.1) is 0 Å². The van der Waals surface area contributed by atoms with E-state index in [0.29, 0.717) is 22.1 Å². The molecule has 152 valence electrons. The highest BCUT2D eigenvalue weighted by Crippen LogP contribution is 2.32. The molecule has 1 heterocycles. The second-order valence-corrected chi connectivity index (χ2v) is 7.53. The van der Waals surface area contributed by atoms with E-state index < -0.39 is 11.8 Å². The van der Waals surface area contributed by atoms with Crippen LogP contribution in [0.15, 0.2) is 66.7 Å². The minimum atomic E-state index is -1.13. The molecule has 3 aromatic carbocycles. The first-order valence-electron chi connectivity index (χ1n) is 9.72. The third kappa shape index (κ3) is 4.16. The van der Waals surface area contributed by atoms with Crippen LogP contribution in [-0.2, 0) is 0 Å². The van der Waals surface area contributed by atoms with Gasteiger partial charge in [0.2, 0.25) is 0 Å². The second kappa shape index (κ2) is 8.59. The Morgan fingerprint density at radius 3 is 2.33 bits per heavy atom. The average molecular weight is 422 g/mol. The number of aromatic carboxylic acids is 1. The van der Waals surface area contributed by atoms with E-state index in [9.17, 15) is 14.7 Å². The summed E-state index contributed by atoms with van der Waals surface area (Å²) < 4.78 is 5.79. The quantitative estimate of drug-likeness (QED) is 0.520. The molecule has 1 N–H and O–H groups in total. The first kappa shape index (κ1) is 20.0. The zero-order valence-electron chi connectivity index (χ0n) is 16.2. The van der Waals surface area contributed by atoms with E-state index in [-0.39, 0.29) is 11.1 Å². The number of carbonyl (C=O) groups is 2. The van der Waals surface area contributed by atoms with Crippen LogP contribution in [0.25, 0.3) is 0 Å². The number of ether oxygens (including phenoxy) is 1. The van der Waals surface area contributed by atoms with Crippen molar-refractivity contribution in [3.05, 3.63) is 88.4 Å². The molecular weight excluding hydrogens is 402 g/mol. The molecule has 0 aliphatic carbocycles. The van der Waals surface area contributed by atoms with Crippen molar-refractivity contribution in [2.24, 2.45) is 0 Å². The highest BCUT2D eigenvalue weighted by atomic mass is 35.5. The van der Waals surface area contributed by atoms with Gasteiger partial charge in [-0.05, 0) is 61.4 Å². The van der Waals surface area contributed by atoms with E-state index in [2.05, 4.69) is 4.90 Å². The number of carbonyl (C=O) groups excluding carboxylic acids is 1. The summed E-state index contributed by atoms with van der Waals surface area (Å²) in [4.78, 5) is 27.1. The highest BCUT2D eigenvalue weighted by Gasteiger charge is 2.22. The predicted molar refractivity (Wildman–Crippen MR) is 116 cm³/mol. The van der Waals surface area contributed by atoms with Crippen LogP contribution in [0.4, 0.5) is 5.69 Å². The monoisotopic (exact) mass is 421 g/mol. The lowest BCUT2D eigenvalue weighted by Crippen LogP contribution is -2.19. The maximum atomic E-state index is 13.1. The molecule has 1 aliphatic rings. The number of anilines is 1. The van der Waals surface area contributed by atoms with Crippen molar-refractivity contribution < 1.29 is 19.4 Å². The molecule has 5 nitrogen and oxygen atoms in total. The minimum Gasteiger partial charge on any atom is -0.478 e. The summed E-state index contributed by atoms with van der Waals surface area (Å²) in [5, 5.41) is 10.1. The van der Waals surface area contributed by atoms with E-state index >= 15 is 0 Å². The summed E-state index contributed by atoms with van der Waals surface area (Å²) in [6.45, 7) is 1.79. The Balaban J connectivity index is 1.67. The molecule has 3 aromatic rings. The van der Waals surface area contributed by atoms with E-state index in [1.807, 2.05) is 24.3 Å². The Morgan fingerprint density at radius 2 is 1.63 bits per heavy atom. The standard InChI is InChI=1S/C24H20ClNO4/c25-21-11-8-16(14-22(21)30-18-6-2-1-3-7-18)23(27)19-10-9-17(15-20(19)24(28)29)26-12-4-5-13-26/h1-3,6-11,14-15H,4-5,12-13H2,(H,28,29). The third-order valence-corrected chi connectivity index (χ3v) is 5.43.